The first kappa shape index (κ1) is 33.0. The van der Waals surface area contributed by atoms with E-state index in [1.54, 1.807) is 0 Å². The summed E-state index contributed by atoms with van der Waals surface area (Å²) in [4.78, 5) is 9.12. The topological polar surface area (TPSA) is 25.8 Å². The predicted octanol–water partition coefficient (Wildman–Crippen LogP) is 11.9. The summed E-state index contributed by atoms with van der Waals surface area (Å²) >= 11 is 0. The van der Waals surface area contributed by atoms with E-state index in [4.69, 9.17) is 0 Å². The van der Waals surface area contributed by atoms with E-state index in [0.717, 1.165) is 22.5 Å². The minimum Gasteiger partial charge on any atom is -0.305 e. The van der Waals surface area contributed by atoms with E-state index in [-0.39, 0.29) is 25.5 Å². The molecule has 0 N–H and O–H groups in total. The van der Waals surface area contributed by atoms with Gasteiger partial charge in [0.25, 0.3) is 0 Å². The smallest absolute Gasteiger partial charge is 0.0166 e. The van der Waals surface area contributed by atoms with E-state index in [9.17, 15) is 0 Å². The fraction of sp³-hybridized carbons (Fsp3) is 0.0638. The molecule has 1 aliphatic carbocycles. The molecule has 0 atom stereocenters. The molecule has 0 amide bonds. The normalized spacial score (nSPS) is 12.2. The van der Waals surface area contributed by atoms with Gasteiger partial charge in [-0.2, -0.15) is 0 Å². The third-order valence-corrected chi connectivity index (χ3v) is 9.44. The van der Waals surface area contributed by atoms with Crippen LogP contribution < -0.4 is 0 Å². The van der Waals surface area contributed by atoms with E-state index >= 15 is 0 Å². The van der Waals surface area contributed by atoms with Crippen molar-refractivity contribution in [3.63, 3.8) is 0 Å². The number of aromatic nitrogens is 2. The van der Waals surface area contributed by atoms with Crippen LogP contribution >= 0.6 is 0 Å². The SMILES string of the molecule is CC1(C)c2c(-c3ccccn3)[c-]ccc2-c2ccc3ccccc3c21.[Ir].[c-]1ccc(-c2ccccc2)cc1-c1cc(-c2ccccc2)ccn1. The fourth-order valence-electron chi connectivity index (χ4n) is 7.19. The van der Waals surface area contributed by atoms with Crippen LogP contribution in [0.3, 0.4) is 0 Å². The molecular formula is C47H34IrN2-2. The number of hydrogen-bond donors (Lipinski definition) is 0. The molecule has 0 spiro atoms. The summed E-state index contributed by atoms with van der Waals surface area (Å²) in [6, 6.07) is 61.4. The van der Waals surface area contributed by atoms with Crippen LogP contribution in [0.4, 0.5) is 0 Å². The zero-order chi connectivity index (χ0) is 33.2. The molecule has 2 aromatic heterocycles. The molecule has 0 bridgehead atoms. The van der Waals surface area contributed by atoms with E-state index in [0.29, 0.717) is 0 Å². The Labute approximate surface area is 307 Å². The zero-order valence-corrected chi connectivity index (χ0v) is 30.3. The molecule has 2 nitrogen and oxygen atoms in total. The van der Waals surface area contributed by atoms with Gasteiger partial charge in [0.1, 0.15) is 0 Å². The number of nitrogens with zero attached hydrogens (tertiary/aromatic N) is 2. The monoisotopic (exact) mass is 819 g/mol. The first-order valence-corrected chi connectivity index (χ1v) is 16.7. The van der Waals surface area contributed by atoms with Gasteiger partial charge < -0.3 is 9.97 Å². The van der Waals surface area contributed by atoms with Crippen LogP contribution in [0.15, 0.2) is 170 Å². The van der Waals surface area contributed by atoms with Gasteiger partial charge in [-0.3, -0.25) is 0 Å². The first-order valence-electron chi connectivity index (χ1n) is 16.7. The average molecular weight is 819 g/mol. The van der Waals surface area contributed by atoms with Crippen molar-refractivity contribution in [1.82, 2.24) is 9.97 Å². The molecule has 50 heavy (non-hydrogen) atoms. The van der Waals surface area contributed by atoms with E-state index < -0.39 is 0 Å². The van der Waals surface area contributed by atoms with Gasteiger partial charge in [-0.25, -0.2) is 0 Å². The van der Waals surface area contributed by atoms with Crippen LogP contribution in [0.2, 0.25) is 0 Å². The van der Waals surface area contributed by atoms with Crippen molar-refractivity contribution in [3.05, 3.63) is 193 Å². The number of pyridine rings is 2. The Hall–Kier alpha value is -5.47. The van der Waals surface area contributed by atoms with Crippen molar-refractivity contribution in [2.45, 2.75) is 19.3 Å². The van der Waals surface area contributed by atoms with Crippen molar-refractivity contribution >= 4 is 10.8 Å². The second kappa shape index (κ2) is 14.2. The minimum absolute atomic E-state index is 0. The van der Waals surface area contributed by atoms with Gasteiger partial charge in [0.05, 0.1) is 0 Å². The van der Waals surface area contributed by atoms with Gasteiger partial charge in [-0.15, -0.1) is 64.7 Å². The van der Waals surface area contributed by atoms with Crippen molar-refractivity contribution in [1.29, 1.82) is 0 Å². The van der Waals surface area contributed by atoms with Crippen molar-refractivity contribution < 1.29 is 20.1 Å². The second-order valence-electron chi connectivity index (χ2n) is 12.8. The molecule has 0 fully saturated rings. The summed E-state index contributed by atoms with van der Waals surface area (Å²) < 4.78 is 0. The molecule has 2 heterocycles. The van der Waals surface area contributed by atoms with E-state index in [1.165, 1.54) is 55.3 Å². The van der Waals surface area contributed by atoms with Crippen LogP contribution in [0.1, 0.15) is 25.0 Å². The zero-order valence-electron chi connectivity index (χ0n) is 27.9. The maximum atomic E-state index is 4.59. The Morgan fingerprint density at radius 3 is 1.86 bits per heavy atom. The Bertz CT molecular complexity index is 2320. The fourth-order valence-corrected chi connectivity index (χ4v) is 7.19. The van der Waals surface area contributed by atoms with Crippen LogP contribution in [-0.2, 0) is 25.5 Å². The maximum Gasteiger partial charge on any atom is 0.0166 e. The molecule has 0 saturated heterocycles. The van der Waals surface area contributed by atoms with Crippen LogP contribution in [0, 0.1) is 12.1 Å². The standard InChI is InChI=1S/C24H18N.C23H16N.Ir/c1-24(2)22-17-9-4-3-8-16(17)13-14-19(22)18-10-7-11-20(23(18)24)21-12-5-6-15-25-21;1-3-8-18(9-4-1)20-12-7-13-22(16-20)23-17-21(14-15-24-23)19-10-5-2-6-11-19;/h3-10,12-15H,1-2H3;1-12,14-17H;/q2*-1;. The number of rotatable bonds is 4. The minimum atomic E-state index is -0.0872. The van der Waals surface area contributed by atoms with Gasteiger partial charge in [0, 0.05) is 32.5 Å². The van der Waals surface area contributed by atoms with Gasteiger partial charge in [-0.1, -0.05) is 135 Å². The molecule has 1 radical (unpaired) electrons. The third kappa shape index (κ3) is 6.23. The molecule has 6 aromatic carbocycles. The van der Waals surface area contributed by atoms with Gasteiger partial charge in [0.2, 0.25) is 0 Å². The Kier molecular flexibility index (Phi) is 9.37. The van der Waals surface area contributed by atoms with Crippen molar-refractivity contribution in [3.8, 4) is 55.9 Å². The summed E-state index contributed by atoms with van der Waals surface area (Å²) in [6.45, 7) is 4.65. The summed E-state index contributed by atoms with van der Waals surface area (Å²) in [5.41, 5.74) is 14.1. The molecule has 0 aliphatic heterocycles. The Morgan fingerprint density at radius 2 is 1.12 bits per heavy atom. The number of fused-ring (bicyclic) bond motifs is 5. The third-order valence-electron chi connectivity index (χ3n) is 9.44. The quantitative estimate of drug-likeness (QED) is 0.165. The molecule has 3 heteroatoms. The van der Waals surface area contributed by atoms with Gasteiger partial charge in [0.15, 0.2) is 0 Å². The molecule has 0 saturated carbocycles. The largest absolute Gasteiger partial charge is 0.305 e. The van der Waals surface area contributed by atoms with Crippen molar-refractivity contribution in [2.24, 2.45) is 0 Å². The first-order chi connectivity index (χ1) is 24.1. The van der Waals surface area contributed by atoms with Crippen LogP contribution in [0.25, 0.3) is 66.7 Å². The summed E-state index contributed by atoms with van der Waals surface area (Å²) in [7, 11) is 0. The predicted molar refractivity (Wildman–Crippen MR) is 203 cm³/mol. The molecule has 8 aromatic rings. The molecule has 243 valence electrons. The van der Waals surface area contributed by atoms with Gasteiger partial charge >= 0.3 is 0 Å². The molecule has 0 unspecified atom stereocenters. The second-order valence-corrected chi connectivity index (χ2v) is 12.8. The number of benzene rings is 6. The molecule has 9 rings (SSSR count). The van der Waals surface area contributed by atoms with Crippen LogP contribution in [0.5, 0.6) is 0 Å². The summed E-state index contributed by atoms with van der Waals surface area (Å²) in [6.07, 6.45) is 3.72. The molecular weight excluding hydrogens is 785 g/mol. The van der Waals surface area contributed by atoms with E-state index in [1.807, 2.05) is 54.9 Å². The van der Waals surface area contributed by atoms with E-state index in [2.05, 4.69) is 151 Å². The summed E-state index contributed by atoms with van der Waals surface area (Å²) in [5.74, 6) is 0. The summed E-state index contributed by atoms with van der Waals surface area (Å²) in [5, 5.41) is 2.64. The van der Waals surface area contributed by atoms with Crippen LogP contribution in [-0.4, -0.2) is 9.97 Å². The Balaban J connectivity index is 0.000000154. The maximum absolute atomic E-state index is 4.59. The van der Waals surface area contributed by atoms with Crippen molar-refractivity contribution in [2.75, 3.05) is 0 Å². The molecule has 1 aliphatic rings. The Morgan fingerprint density at radius 1 is 0.480 bits per heavy atom. The number of hydrogen-bond acceptors (Lipinski definition) is 2. The average Bonchev–Trinajstić information content (AvgIpc) is 3.42. The van der Waals surface area contributed by atoms with Gasteiger partial charge in [-0.05, 0) is 67.5 Å².